The number of nitrogens with one attached hydrogen (secondary N) is 1. The Morgan fingerprint density at radius 3 is 2.64 bits per heavy atom. The summed E-state index contributed by atoms with van der Waals surface area (Å²) in [5.41, 5.74) is 1.07. The number of sulfonamides is 1. The summed E-state index contributed by atoms with van der Waals surface area (Å²) in [6.45, 7) is 6.01. The number of likely N-dealkylation sites (N-methyl/N-ethyl adjacent to an activating group) is 1. The summed E-state index contributed by atoms with van der Waals surface area (Å²) < 4.78 is 40.5. The summed E-state index contributed by atoms with van der Waals surface area (Å²) in [6.07, 6.45) is 4.59. The molecule has 0 aliphatic carbocycles. The lowest BCUT2D eigenvalue weighted by Crippen LogP contribution is -2.48. The number of carbonyl (C=O) groups is 2. The lowest BCUT2D eigenvalue weighted by molar-refractivity contribution is -0.00832. The molecule has 45 heavy (non-hydrogen) atoms. The number of fused-ring (bicyclic) bond motifs is 1. The third-order valence-electron chi connectivity index (χ3n) is 7.85. The second kappa shape index (κ2) is 15.8. The van der Waals surface area contributed by atoms with Crippen LogP contribution < -0.4 is 10.1 Å². The number of benzene rings is 1. The molecule has 2 N–H and O–H groups in total. The molecule has 2 aromatic heterocycles. The molecule has 0 spiro atoms. The van der Waals surface area contributed by atoms with E-state index >= 15 is 0 Å². The van der Waals surface area contributed by atoms with Crippen LogP contribution in [0.25, 0.3) is 0 Å². The largest absolute Gasteiger partial charge is 0.490 e. The van der Waals surface area contributed by atoms with E-state index < -0.39 is 22.2 Å². The molecule has 4 rings (SSSR count). The maximum atomic E-state index is 14.3. The van der Waals surface area contributed by atoms with Crippen LogP contribution >= 0.6 is 11.3 Å². The number of hydrogen-bond acceptors (Lipinski definition) is 9. The molecule has 1 aliphatic heterocycles. The maximum absolute atomic E-state index is 14.3. The Bertz CT molecular complexity index is 1520. The molecule has 1 aromatic carbocycles. The second-order valence-corrected chi connectivity index (χ2v) is 14.6. The number of thiophene rings is 1. The minimum atomic E-state index is -3.71. The van der Waals surface area contributed by atoms with Gasteiger partial charge in [0.25, 0.3) is 21.8 Å². The van der Waals surface area contributed by atoms with E-state index in [1.54, 1.807) is 59.7 Å². The highest BCUT2D eigenvalue weighted by molar-refractivity contribution is 7.91. The number of carbonyl (C=O) groups excluding carboxylic acids is 2. The molecule has 0 saturated heterocycles. The molecule has 13 heteroatoms. The zero-order valence-corrected chi connectivity index (χ0v) is 27.7. The van der Waals surface area contributed by atoms with Gasteiger partial charge >= 0.3 is 0 Å². The summed E-state index contributed by atoms with van der Waals surface area (Å²) in [5, 5.41) is 14.7. The van der Waals surface area contributed by atoms with Crippen molar-refractivity contribution in [2.24, 2.45) is 5.92 Å². The molecule has 2 amide bonds. The van der Waals surface area contributed by atoms with Gasteiger partial charge in [-0.05, 0) is 74.9 Å². The Hall–Kier alpha value is -3.36. The topological polar surface area (TPSA) is 138 Å². The summed E-state index contributed by atoms with van der Waals surface area (Å²) in [7, 11) is -2.18. The van der Waals surface area contributed by atoms with E-state index in [1.165, 1.54) is 23.7 Å². The van der Waals surface area contributed by atoms with Crippen molar-refractivity contribution in [1.29, 1.82) is 0 Å². The van der Waals surface area contributed by atoms with Gasteiger partial charge in [0.15, 0.2) is 0 Å². The lowest BCUT2D eigenvalue weighted by atomic mass is 10.0. The van der Waals surface area contributed by atoms with Crippen molar-refractivity contribution in [2.75, 3.05) is 38.7 Å². The fraction of sp³-hybridized carbons (Fsp3) is 0.469. The van der Waals surface area contributed by atoms with Crippen LogP contribution in [-0.2, 0) is 14.8 Å². The first-order valence-electron chi connectivity index (χ1n) is 15.1. The SMILES string of the molecule is C[C@@H]1CCCCO[C@@H](CN(C)S(=O)(=O)c2cccs2)[C@@H](C)CN([C@@H](C)CO)C(=O)c2cc(NC(=O)c3ccncc3)ccc2O1. The standard InChI is InChI=1S/C32H42N4O7S2/c1-22-19-36(23(2)21-37)32(39)27-18-26(34-31(38)25-12-14-33-15-13-25)10-11-28(27)43-24(3)8-5-6-16-42-29(22)20-35(4)45(40,41)30-9-7-17-44-30/h7,9-15,17-18,22-24,29,37H,5-6,8,16,19-21H2,1-4H3,(H,34,38)/t22-,23-,24+,29-/m0/s1. The van der Waals surface area contributed by atoms with Gasteiger partial charge in [-0.15, -0.1) is 11.3 Å². The summed E-state index contributed by atoms with van der Waals surface area (Å²) >= 11 is 1.16. The van der Waals surface area contributed by atoms with E-state index in [1.807, 2.05) is 13.8 Å². The minimum absolute atomic E-state index is 0.0955. The fourth-order valence-electron chi connectivity index (χ4n) is 5.08. The van der Waals surface area contributed by atoms with Crippen LogP contribution in [0.1, 0.15) is 60.7 Å². The van der Waals surface area contributed by atoms with Gasteiger partial charge in [-0.25, -0.2) is 8.42 Å². The highest BCUT2D eigenvalue weighted by Gasteiger charge is 2.32. The number of aliphatic hydroxyl groups excluding tert-OH is 1. The van der Waals surface area contributed by atoms with Gasteiger partial charge in [-0.1, -0.05) is 13.0 Å². The van der Waals surface area contributed by atoms with Crippen molar-refractivity contribution < 1.29 is 32.6 Å². The predicted octanol–water partition coefficient (Wildman–Crippen LogP) is 4.51. The van der Waals surface area contributed by atoms with Crippen LogP contribution in [0.3, 0.4) is 0 Å². The van der Waals surface area contributed by atoms with Crippen molar-refractivity contribution in [3.8, 4) is 5.75 Å². The van der Waals surface area contributed by atoms with E-state index in [0.717, 1.165) is 24.2 Å². The van der Waals surface area contributed by atoms with E-state index in [2.05, 4.69) is 10.3 Å². The fourth-order valence-corrected chi connectivity index (χ4v) is 7.47. The van der Waals surface area contributed by atoms with Crippen LogP contribution in [0.4, 0.5) is 5.69 Å². The highest BCUT2D eigenvalue weighted by Crippen LogP contribution is 2.29. The van der Waals surface area contributed by atoms with Gasteiger partial charge in [-0.3, -0.25) is 14.6 Å². The Morgan fingerprint density at radius 2 is 1.96 bits per heavy atom. The van der Waals surface area contributed by atoms with Crippen LogP contribution in [0.2, 0.25) is 0 Å². The quantitative estimate of drug-likeness (QED) is 0.361. The molecule has 244 valence electrons. The molecule has 4 atom stereocenters. The molecular formula is C32H42N4O7S2. The van der Waals surface area contributed by atoms with Crippen molar-refractivity contribution in [1.82, 2.24) is 14.2 Å². The summed E-state index contributed by atoms with van der Waals surface area (Å²) in [4.78, 5) is 32.7. The number of nitrogens with zero attached hydrogens (tertiary/aromatic N) is 3. The van der Waals surface area contributed by atoms with E-state index in [4.69, 9.17) is 9.47 Å². The van der Waals surface area contributed by atoms with Crippen molar-refractivity contribution in [3.63, 3.8) is 0 Å². The van der Waals surface area contributed by atoms with E-state index in [0.29, 0.717) is 30.0 Å². The van der Waals surface area contributed by atoms with Gasteiger partial charge in [0.1, 0.15) is 9.96 Å². The molecule has 0 fully saturated rings. The number of pyridine rings is 1. The molecule has 0 saturated carbocycles. The molecule has 3 heterocycles. The Morgan fingerprint density at radius 1 is 1.20 bits per heavy atom. The first kappa shape index (κ1) is 34.5. The van der Waals surface area contributed by atoms with E-state index in [9.17, 15) is 23.1 Å². The normalized spacial score (nSPS) is 21.0. The number of aliphatic hydroxyl groups is 1. The first-order valence-corrected chi connectivity index (χ1v) is 17.4. The Kier molecular flexibility index (Phi) is 12.1. The van der Waals surface area contributed by atoms with Gasteiger partial charge in [0, 0.05) is 56.3 Å². The van der Waals surface area contributed by atoms with Gasteiger partial charge in [0.2, 0.25) is 0 Å². The average molecular weight is 659 g/mol. The molecular weight excluding hydrogens is 617 g/mol. The molecule has 11 nitrogen and oxygen atoms in total. The average Bonchev–Trinajstić information content (AvgIpc) is 3.59. The first-order chi connectivity index (χ1) is 21.5. The molecule has 1 aliphatic rings. The van der Waals surface area contributed by atoms with Gasteiger partial charge in [0.05, 0.1) is 30.4 Å². The number of hydrogen-bond donors (Lipinski definition) is 2. The van der Waals surface area contributed by atoms with Crippen LogP contribution in [0, 0.1) is 5.92 Å². The monoisotopic (exact) mass is 658 g/mol. The Labute approximate surface area is 269 Å². The lowest BCUT2D eigenvalue weighted by Gasteiger charge is -2.35. The molecule has 0 bridgehead atoms. The predicted molar refractivity (Wildman–Crippen MR) is 173 cm³/mol. The van der Waals surface area contributed by atoms with Crippen molar-refractivity contribution >= 4 is 38.9 Å². The second-order valence-electron chi connectivity index (χ2n) is 11.4. The van der Waals surface area contributed by atoms with Crippen LogP contribution in [0.5, 0.6) is 5.75 Å². The third kappa shape index (κ3) is 8.88. The zero-order valence-electron chi connectivity index (χ0n) is 26.1. The van der Waals surface area contributed by atoms with Crippen molar-refractivity contribution in [2.45, 2.75) is 62.5 Å². The van der Waals surface area contributed by atoms with Crippen LogP contribution in [0.15, 0.2) is 64.4 Å². The number of amides is 2. The minimum Gasteiger partial charge on any atom is -0.490 e. The third-order valence-corrected chi connectivity index (χ3v) is 11.0. The van der Waals surface area contributed by atoms with Crippen LogP contribution in [-0.4, -0.2) is 91.1 Å². The van der Waals surface area contributed by atoms with E-state index in [-0.39, 0.29) is 53.3 Å². The highest BCUT2D eigenvalue weighted by atomic mass is 32.2. The molecule has 0 unspecified atom stereocenters. The molecule has 0 radical (unpaired) electrons. The number of aromatic nitrogens is 1. The number of rotatable bonds is 8. The Balaban J connectivity index is 1.65. The maximum Gasteiger partial charge on any atom is 0.258 e. The smallest absolute Gasteiger partial charge is 0.258 e. The zero-order chi connectivity index (χ0) is 32.6. The molecule has 3 aromatic rings. The van der Waals surface area contributed by atoms with Gasteiger partial charge in [-0.2, -0.15) is 4.31 Å². The van der Waals surface area contributed by atoms with Crippen molar-refractivity contribution in [3.05, 3.63) is 71.4 Å². The summed E-state index contributed by atoms with van der Waals surface area (Å²) in [5.74, 6) is -0.662. The number of ether oxygens (including phenoxy) is 2. The summed E-state index contributed by atoms with van der Waals surface area (Å²) in [6, 6.07) is 10.9. The number of anilines is 1. The van der Waals surface area contributed by atoms with Gasteiger partial charge < -0.3 is 24.8 Å².